The van der Waals surface area contributed by atoms with Gasteiger partial charge in [0.1, 0.15) is 19.3 Å². The maximum absolute atomic E-state index is 13.1. The highest BCUT2D eigenvalue weighted by molar-refractivity contribution is 7.47. The minimum Gasteiger partial charge on any atom is -0.462 e. The van der Waals surface area contributed by atoms with Gasteiger partial charge >= 0.3 is 39.5 Å². The molecule has 570 valence electrons. The van der Waals surface area contributed by atoms with Crippen molar-refractivity contribution in [1.29, 1.82) is 0 Å². The summed E-state index contributed by atoms with van der Waals surface area (Å²) in [6.45, 7) is 4.91. The van der Waals surface area contributed by atoms with E-state index in [2.05, 4.69) is 27.7 Å². The first-order valence-corrected chi connectivity index (χ1v) is 43.3. The first-order valence-electron chi connectivity index (χ1n) is 40.3. The highest BCUT2D eigenvalue weighted by Crippen LogP contribution is 2.45. The highest BCUT2D eigenvalue weighted by atomic mass is 31.2. The second-order valence-electron chi connectivity index (χ2n) is 27.7. The van der Waals surface area contributed by atoms with Crippen LogP contribution in [0.4, 0.5) is 0 Å². The van der Waals surface area contributed by atoms with Gasteiger partial charge < -0.3 is 33.8 Å². The molecule has 0 fully saturated rings. The monoisotopic (exact) mass is 1410 g/mol. The molecule has 0 aliphatic rings. The molecule has 0 amide bonds. The Hall–Kier alpha value is -1.94. The summed E-state index contributed by atoms with van der Waals surface area (Å²) < 4.78 is 68.4. The number of carbonyl (C=O) groups excluding carboxylic acids is 4. The van der Waals surface area contributed by atoms with Crippen LogP contribution in [0.3, 0.4) is 0 Å². The van der Waals surface area contributed by atoms with Crippen LogP contribution in [0.25, 0.3) is 0 Å². The van der Waals surface area contributed by atoms with Gasteiger partial charge in [-0.2, -0.15) is 0 Å². The SMILES string of the molecule is CCCCCCCCCCCCCCCCCCCCCCC(=O)O[C@H](COC(=O)CCCCCCCCCCCCCCCCCC)COP(=O)(O)OC[C@@H](O)COP(=O)(O)OC[C@@H](COC(=O)CCCCCCC)OC(=O)CCCCCCCCCCCCCCCCC. The molecule has 5 atom stereocenters. The molecular weight excluding hydrogens is 1260 g/mol. The molecule has 19 heteroatoms. The number of ether oxygens (including phenoxy) is 4. The van der Waals surface area contributed by atoms with Crippen LogP contribution in [0.5, 0.6) is 0 Å². The average molecular weight is 1410 g/mol. The lowest BCUT2D eigenvalue weighted by Crippen LogP contribution is -2.30. The van der Waals surface area contributed by atoms with Crippen LogP contribution in [-0.4, -0.2) is 96.7 Å². The van der Waals surface area contributed by atoms with Crippen molar-refractivity contribution in [2.45, 2.75) is 431 Å². The number of hydrogen-bond acceptors (Lipinski definition) is 15. The molecule has 96 heavy (non-hydrogen) atoms. The molecule has 0 spiro atoms. The molecule has 0 saturated carbocycles. The predicted octanol–water partition coefficient (Wildman–Crippen LogP) is 23.0. The fourth-order valence-corrected chi connectivity index (χ4v) is 13.5. The summed E-state index contributed by atoms with van der Waals surface area (Å²) in [7, 11) is -9.90. The standard InChI is InChI=1S/C77H150O17P2/c1-5-9-13-17-20-23-26-29-32-34-35-36-37-40-43-46-49-52-56-60-64-77(82)94-73(68-88-75(80)62-58-54-50-47-44-41-39-33-30-27-24-21-18-14-10-6-2)70-92-96(85,86)90-66-71(78)65-89-95(83,84)91-69-72(67-87-74(79)61-57-53-16-12-8-4)93-76(81)63-59-55-51-48-45-42-38-31-28-25-22-19-15-11-7-3/h71-73,78H,5-70H2,1-4H3,(H,83,84)(H,85,86)/t71-,72+,73+/m0/s1. The van der Waals surface area contributed by atoms with Crippen LogP contribution < -0.4 is 0 Å². The van der Waals surface area contributed by atoms with Crippen molar-refractivity contribution >= 4 is 39.5 Å². The number of aliphatic hydroxyl groups is 1. The molecule has 0 heterocycles. The van der Waals surface area contributed by atoms with E-state index in [0.29, 0.717) is 25.7 Å². The van der Waals surface area contributed by atoms with Crippen molar-refractivity contribution in [3.05, 3.63) is 0 Å². The van der Waals surface area contributed by atoms with E-state index in [9.17, 15) is 43.2 Å². The lowest BCUT2D eigenvalue weighted by molar-refractivity contribution is -0.161. The number of phosphoric ester groups is 2. The van der Waals surface area contributed by atoms with Gasteiger partial charge in [-0.25, -0.2) is 9.13 Å². The quantitative estimate of drug-likeness (QED) is 0.0222. The normalized spacial score (nSPS) is 13.9. The number of carbonyl (C=O) groups is 4. The Morgan fingerprint density at radius 3 is 0.615 bits per heavy atom. The van der Waals surface area contributed by atoms with Crippen LogP contribution >= 0.6 is 15.6 Å². The molecule has 0 aromatic heterocycles. The summed E-state index contributed by atoms with van der Waals surface area (Å²) in [6, 6.07) is 0. The Morgan fingerprint density at radius 2 is 0.417 bits per heavy atom. The summed E-state index contributed by atoms with van der Waals surface area (Å²) in [5, 5.41) is 10.6. The largest absolute Gasteiger partial charge is 0.472 e. The summed E-state index contributed by atoms with van der Waals surface area (Å²) in [5.41, 5.74) is 0. The molecular formula is C77H150O17P2. The molecule has 0 rings (SSSR count). The zero-order chi connectivity index (χ0) is 70.4. The van der Waals surface area contributed by atoms with E-state index in [0.717, 1.165) is 96.3 Å². The molecule has 0 radical (unpaired) electrons. The van der Waals surface area contributed by atoms with Gasteiger partial charge in [0, 0.05) is 25.7 Å². The molecule has 0 aliphatic carbocycles. The molecule has 0 aliphatic heterocycles. The summed E-state index contributed by atoms with van der Waals surface area (Å²) in [5.74, 6) is -2.12. The van der Waals surface area contributed by atoms with E-state index in [1.54, 1.807) is 0 Å². The third-order valence-corrected chi connectivity index (χ3v) is 20.0. The van der Waals surface area contributed by atoms with Gasteiger partial charge in [-0.15, -0.1) is 0 Å². The fourth-order valence-electron chi connectivity index (χ4n) is 11.9. The lowest BCUT2D eigenvalue weighted by atomic mass is 10.0. The van der Waals surface area contributed by atoms with E-state index in [4.69, 9.17) is 37.0 Å². The molecule has 0 aromatic carbocycles. The summed E-state index contributed by atoms with van der Waals surface area (Å²) in [6.07, 6.45) is 62.9. The van der Waals surface area contributed by atoms with E-state index < -0.39 is 97.5 Å². The number of aliphatic hydroxyl groups excluding tert-OH is 1. The first-order chi connectivity index (χ1) is 46.7. The van der Waals surface area contributed by atoms with Crippen LogP contribution in [0, 0.1) is 0 Å². The highest BCUT2D eigenvalue weighted by Gasteiger charge is 2.30. The van der Waals surface area contributed by atoms with Crippen molar-refractivity contribution in [2.24, 2.45) is 0 Å². The van der Waals surface area contributed by atoms with Gasteiger partial charge in [-0.3, -0.25) is 37.3 Å². The minimum atomic E-state index is -4.95. The molecule has 0 saturated heterocycles. The number of phosphoric acid groups is 2. The van der Waals surface area contributed by atoms with Gasteiger partial charge in [0.05, 0.1) is 26.4 Å². The number of hydrogen-bond donors (Lipinski definition) is 3. The first kappa shape index (κ1) is 94.1. The van der Waals surface area contributed by atoms with Gasteiger partial charge in [0.15, 0.2) is 12.2 Å². The van der Waals surface area contributed by atoms with E-state index in [-0.39, 0.29) is 25.7 Å². The predicted molar refractivity (Wildman–Crippen MR) is 391 cm³/mol. The zero-order valence-electron chi connectivity index (χ0n) is 62.4. The van der Waals surface area contributed by atoms with Crippen LogP contribution in [0.2, 0.25) is 0 Å². The van der Waals surface area contributed by atoms with E-state index in [1.165, 1.54) is 238 Å². The maximum Gasteiger partial charge on any atom is 0.472 e. The van der Waals surface area contributed by atoms with E-state index in [1.807, 2.05) is 0 Å². The van der Waals surface area contributed by atoms with Gasteiger partial charge in [-0.05, 0) is 25.7 Å². The number of esters is 4. The molecule has 0 aromatic rings. The van der Waals surface area contributed by atoms with Crippen molar-refractivity contribution in [3.8, 4) is 0 Å². The topological polar surface area (TPSA) is 237 Å². The van der Waals surface area contributed by atoms with Crippen molar-refractivity contribution in [1.82, 2.24) is 0 Å². The average Bonchev–Trinajstić information content (AvgIpc) is 1.49. The summed E-state index contributed by atoms with van der Waals surface area (Å²) in [4.78, 5) is 72.6. The Balaban J connectivity index is 5.12. The fraction of sp³-hybridized carbons (Fsp3) is 0.948. The van der Waals surface area contributed by atoms with Crippen molar-refractivity contribution in [2.75, 3.05) is 39.6 Å². The van der Waals surface area contributed by atoms with Gasteiger partial charge in [0.2, 0.25) is 0 Å². The molecule has 3 N–H and O–H groups in total. The molecule has 17 nitrogen and oxygen atoms in total. The Kier molecular flexibility index (Phi) is 70.0. The Morgan fingerprint density at radius 1 is 0.250 bits per heavy atom. The second kappa shape index (κ2) is 71.5. The van der Waals surface area contributed by atoms with Crippen molar-refractivity contribution in [3.63, 3.8) is 0 Å². The lowest BCUT2D eigenvalue weighted by Gasteiger charge is -2.21. The van der Waals surface area contributed by atoms with Crippen molar-refractivity contribution < 1.29 is 80.2 Å². The van der Waals surface area contributed by atoms with E-state index >= 15 is 0 Å². The minimum absolute atomic E-state index is 0.108. The Labute approximate surface area is 588 Å². The van der Waals surface area contributed by atoms with Crippen LogP contribution in [-0.2, 0) is 65.4 Å². The molecule has 2 unspecified atom stereocenters. The zero-order valence-corrected chi connectivity index (χ0v) is 64.1. The van der Waals surface area contributed by atoms with Gasteiger partial charge in [0.25, 0.3) is 0 Å². The number of unbranched alkanes of at least 4 members (excludes halogenated alkanes) is 52. The van der Waals surface area contributed by atoms with Crippen LogP contribution in [0.15, 0.2) is 0 Å². The third-order valence-electron chi connectivity index (χ3n) is 18.1. The summed E-state index contributed by atoms with van der Waals surface area (Å²) >= 11 is 0. The van der Waals surface area contributed by atoms with Crippen LogP contribution in [0.1, 0.15) is 413 Å². The van der Waals surface area contributed by atoms with Gasteiger partial charge in [-0.1, -0.05) is 362 Å². The maximum atomic E-state index is 13.1. The third kappa shape index (κ3) is 70.5. The number of rotatable bonds is 78. The molecule has 0 bridgehead atoms. The second-order valence-corrected chi connectivity index (χ2v) is 30.7. The Bertz CT molecular complexity index is 1830. The smallest absolute Gasteiger partial charge is 0.462 e.